The average Bonchev–Trinajstić information content (AvgIpc) is 3.16. The fourth-order valence-corrected chi connectivity index (χ4v) is 5.87. The third-order valence-corrected chi connectivity index (χ3v) is 8.44. The minimum atomic E-state index is -4.06. The van der Waals surface area contributed by atoms with Gasteiger partial charge in [-0.2, -0.15) is 0 Å². The molecule has 0 aromatic heterocycles. The molecule has 1 amide bonds. The van der Waals surface area contributed by atoms with Gasteiger partial charge in [0.05, 0.1) is 17.4 Å². The van der Waals surface area contributed by atoms with Crippen molar-refractivity contribution >= 4 is 21.9 Å². The Kier molecular flexibility index (Phi) is 4.69. The van der Waals surface area contributed by atoms with Crippen LogP contribution in [0.4, 0.5) is 4.79 Å². The summed E-state index contributed by atoms with van der Waals surface area (Å²) in [5.74, 6) is -0.766. The Labute approximate surface area is 154 Å². The molecular formula is C17H29NO7S. The van der Waals surface area contributed by atoms with Gasteiger partial charge in [-0.25, -0.2) is 13.2 Å². The molecule has 0 aromatic carbocycles. The van der Waals surface area contributed by atoms with Crippen molar-refractivity contribution in [2.45, 2.75) is 88.2 Å². The maximum atomic E-state index is 13.5. The van der Waals surface area contributed by atoms with Gasteiger partial charge in [0.1, 0.15) is 11.3 Å². The second-order valence-corrected chi connectivity index (χ2v) is 11.9. The van der Waals surface area contributed by atoms with Crippen LogP contribution in [0.5, 0.6) is 0 Å². The van der Waals surface area contributed by atoms with Crippen molar-refractivity contribution in [3.05, 3.63) is 0 Å². The molecule has 0 spiro atoms. The Bertz CT molecular complexity index is 714. The average molecular weight is 391 g/mol. The minimum absolute atomic E-state index is 0.0596. The number of carbonyl (C=O) groups is 2. The monoisotopic (exact) mass is 391 g/mol. The molecule has 1 N–H and O–H groups in total. The topological polar surface area (TPSA) is 110 Å². The van der Waals surface area contributed by atoms with E-state index in [4.69, 9.17) is 9.47 Å². The zero-order valence-corrected chi connectivity index (χ0v) is 17.3. The van der Waals surface area contributed by atoms with Crippen LogP contribution in [-0.4, -0.2) is 64.0 Å². The van der Waals surface area contributed by atoms with Gasteiger partial charge in [0.15, 0.2) is 14.6 Å². The fraction of sp³-hybridized carbons (Fsp3) is 0.882. The molecule has 8 nitrogen and oxygen atoms in total. The Balaban J connectivity index is 2.42. The quantitative estimate of drug-likeness (QED) is 0.731. The molecule has 2 rings (SSSR count). The fourth-order valence-electron chi connectivity index (χ4n) is 3.43. The number of hydrogen-bond donors (Lipinski definition) is 1. The van der Waals surface area contributed by atoms with E-state index < -0.39 is 48.8 Å². The van der Waals surface area contributed by atoms with E-state index in [0.29, 0.717) is 0 Å². The van der Waals surface area contributed by atoms with Crippen LogP contribution >= 0.6 is 0 Å². The first-order valence-electron chi connectivity index (χ1n) is 8.63. The minimum Gasteiger partial charge on any atom is -0.465 e. The van der Waals surface area contributed by atoms with Crippen LogP contribution in [0.3, 0.4) is 0 Å². The summed E-state index contributed by atoms with van der Waals surface area (Å²) in [6.07, 6.45) is -0.905. The second-order valence-electron chi connectivity index (χ2n) is 9.03. The molecule has 1 atom stereocenters. The summed E-state index contributed by atoms with van der Waals surface area (Å²) in [7, 11) is -4.06. The molecule has 1 saturated carbocycles. The van der Waals surface area contributed by atoms with Crippen molar-refractivity contribution < 1.29 is 32.6 Å². The Morgan fingerprint density at radius 3 is 2.04 bits per heavy atom. The Hall–Kier alpha value is -1.35. The maximum absolute atomic E-state index is 13.5. The Morgan fingerprint density at radius 1 is 1.15 bits per heavy atom. The van der Waals surface area contributed by atoms with Gasteiger partial charge < -0.3 is 14.6 Å². The molecule has 0 bridgehead atoms. The highest BCUT2D eigenvalue weighted by Gasteiger charge is 2.69. The van der Waals surface area contributed by atoms with Gasteiger partial charge in [0, 0.05) is 0 Å². The lowest BCUT2D eigenvalue weighted by molar-refractivity contribution is -0.155. The predicted octanol–water partition coefficient (Wildman–Crippen LogP) is 2.17. The van der Waals surface area contributed by atoms with E-state index in [0.717, 1.165) is 4.90 Å². The van der Waals surface area contributed by atoms with Gasteiger partial charge in [-0.1, -0.05) is 0 Å². The normalized spacial score (nSPS) is 25.0. The molecule has 1 heterocycles. The van der Waals surface area contributed by atoms with Gasteiger partial charge in [-0.05, 0) is 61.3 Å². The van der Waals surface area contributed by atoms with Crippen LogP contribution in [0.1, 0.15) is 61.3 Å². The highest BCUT2D eigenvalue weighted by Crippen LogP contribution is 2.52. The van der Waals surface area contributed by atoms with E-state index in [1.807, 2.05) is 0 Å². The molecule has 2 fully saturated rings. The lowest BCUT2D eigenvalue weighted by Crippen LogP contribution is -2.60. The van der Waals surface area contributed by atoms with Crippen molar-refractivity contribution in [2.75, 3.05) is 6.61 Å². The predicted molar refractivity (Wildman–Crippen MR) is 94.5 cm³/mol. The number of nitrogens with zero attached hydrogens (tertiary/aromatic N) is 1. The third-order valence-electron chi connectivity index (χ3n) is 5.18. The smallest absolute Gasteiger partial charge is 0.409 e. The van der Waals surface area contributed by atoms with E-state index in [1.54, 1.807) is 34.6 Å². The van der Waals surface area contributed by atoms with E-state index in [9.17, 15) is 23.1 Å². The van der Waals surface area contributed by atoms with Crippen LogP contribution in [0.25, 0.3) is 0 Å². The van der Waals surface area contributed by atoms with Crippen LogP contribution in [0.15, 0.2) is 0 Å². The van der Waals surface area contributed by atoms with E-state index in [2.05, 4.69) is 0 Å². The van der Waals surface area contributed by atoms with Crippen molar-refractivity contribution in [3.63, 3.8) is 0 Å². The Morgan fingerprint density at radius 2 is 1.65 bits per heavy atom. The first kappa shape index (κ1) is 21.0. The number of rotatable bonds is 4. The summed E-state index contributed by atoms with van der Waals surface area (Å²) in [5.41, 5.74) is -1.95. The first-order chi connectivity index (χ1) is 11.5. The molecule has 2 aliphatic rings. The lowest BCUT2D eigenvalue weighted by Gasteiger charge is -2.40. The van der Waals surface area contributed by atoms with Crippen LogP contribution in [-0.2, 0) is 24.1 Å². The third kappa shape index (κ3) is 3.09. The summed E-state index contributed by atoms with van der Waals surface area (Å²) in [5, 5.41) is 9.59. The highest BCUT2D eigenvalue weighted by molar-refractivity contribution is 7.95. The summed E-state index contributed by atoms with van der Waals surface area (Å²) in [6, 6.07) is -0.931. The number of carbonyl (C=O) groups excluding carboxylic acids is 1. The number of sulfone groups is 1. The zero-order chi connectivity index (χ0) is 20.3. The standard InChI is InChI=1S/C17H29NO7S/c1-14(2,3)25-12(19)17(8-9-17)26(22,23)15(4,5)11-10-24-16(6,7)18(11)13(20)21/h11H,8-10H2,1-7H3,(H,20,21)/t11-/m1/s1. The molecule has 1 aliphatic heterocycles. The van der Waals surface area contributed by atoms with Gasteiger partial charge in [-0.3, -0.25) is 9.69 Å². The molecule has 0 unspecified atom stereocenters. The van der Waals surface area contributed by atoms with Crippen molar-refractivity contribution in [2.24, 2.45) is 0 Å². The number of ether oxygens (including phenoxy) is 2. The SMILES string of the molecule is CC(C)(C)OC(=O)C1(S(=O)(=O)C(C)(C)[C@H]2COC(C)(C)N2C(=O)O)CC1. The second kappa shape index (κ2) is 5.82. The summed E-state index contributed by atoms with van der Waals surface area (Å²) < 4.78 is 34.7. The molecular weight excluding hydrogens is 362 g/mol. The first-order valence-corrected chi connectivity index (χ1v) is 10.1. The van der Waals surface area contributed by atoms with E-state index in [1.165, 1.54) is 13.8 Å². The molecule has 150 valence electrons. The van der Waals surface area contributed by atoms with Gasteiger partial charge >= 0.3 is 12.1 Å². The summed E-state index contributed by atoms with van der Waals surface area (Å²) in [4.78, 5) is 25.4. The summed E-state index contributed by atoms with van der Waals surface area (Å²) >= 11 is 0. The molecule has 1 saturated heterocycles. The van der Waals surface area contributed by atoms with Crippen LogP contribution in [0, 0.1) is 0 Å². The molecule has 1 aliphatic carbocycles. The molecule has 0 aromatic rings. The molecule has 26 heavy (non-hydrogen) atoms. The van der Waals surface area contributed by atoms with Crippen molar-refractivity contribution in [1.29, 1.82) is 0 Å². The molecule has 0 radical (unpaired) electrons. The van der Waals surface area contributed by atoms with E-state index in [-0.39, 0.29) is 19.4 Å². The lowest BCUT2D eigenvalue weighted by atomic mass is 10.0. The van der Waals surface area contributed by atoms with Crippen molar-refractivity contribution in [3.8, 4) is 0 Å². The number of esters is 1. The summed E-state index contributed by atoms with van der Waals surface area (Å²) in [6.45, 7) is 11.0. The van der Waals surface area contributed by atoms with Gasteiger partial charge in [0.2, 0.25) is 0 Å². The van der Waals surface area contributed by atoms with Gasteiger partial charge in [0.25, 0.3) is 0 Å². The number of hydrogen-bond acceptors (Lipinski definition) is 6. The zero-order valence-electron chi connectivity index (χ0n) is 16.5. The largest absolute Gasteiger partial charge is 0.465 e. The van der Waals surface area contributed by atoms with Crippen LogP contribution < -0.4 is 0 Å². The van der Waals surface area contributed by atoms with Crippen molar-refractivity contribution in [1.82, 2.24) is 4.90 Å². The van der Waals surface area contributed by atoms with Crippen LogP contribution in [0.2, 0.25) is 0 Å². The number of carboxylic acid groups (broad SMARTS) is 1. The van der Waals surface area contributed by atoms with Gasteiger partial charge in [-0.15, -0.1) is 0 Å². The van der Waals surface area contributed by atoms with E-state index >= 15 is 0 Å². The maximum Gasteiger partial charge on any atom is 0.409 e. The number of amides is 1. The molecule has 9 heteroatoms. The highest BCUT2D eigenvalue weighted by atomic mass is 32.2.